The number of rotatable bonds is 3. The fourth-order valence-corrected chi connectivity index (χ4v) is 3.25. The molecule has 0 unspecified atom stereocenters. The molecule has 23 heavy (non-hydrogen) atoms. The van der Waals surface area contributed by atoms with E-state index < -0.39 is 15.8 Å². The van der Waals surface area contributed by atoms with Crippen LogP contribution in [0, 0.1) is 0 Å². The van der Waals surface area contributed by atoms with Crippen LogP contribution in [0.4, 0.5) is 5.82 Å². The van der Waals surface area contributed by atoms with Gasteiger partial charge in [-0.2, -0.15) is 5.10 Å². The molecule has 0 atom stereocenters. The Morgan fingerprint density at radius 2 is 2.09 bits per heavy atom. The summed E-state index contributed by atoms with van der Waals surface area (Å²) < 4.78 is 32.2. The summed E-state index contributed by atoms with van der Waals surface area (Å²) in [5, 5.41) is 7.10. The minimum atomic E-state index is -3.89. The van der Waals surface area contributed by atoms with Crippen molar-refractivity contribution < 1.29 is 12.8 Å². The second-order valence-corrected chi connectivity index (χ2v) is 6.43. The van der Waals surface area contributed by atoms with Gasteiger partial charge in [0.1, 0.15) is 0 Å². The predicted molar refractivity (Wildman–Crippen MR) is 81.5 cm³/mol. The van der Waals surface area contributed by atoms with Crippen molar-refractivity contribution in [3.05, 3.63) is 47.1 Å². The van der Waals surface area contributed by atoms with Crippen LogP contribution in [0.1, 0.15) is 0 Å². The molecule has 0 saturated heterocycles. The van der Waals surface area contributed by atoms with Crippen LogP contribution in [0.15, 0.2) is 50.6 Å². The molecule has 9 nitrogen and oxygen atoms in total. The number of fused-ring (bicyclic) bond motifs is 2. The zero-order valence-corrected chi connectivity index (χ0v) is 12.2. The van der Waals surface area contributed by atoms with Gasteiger partial charge in [0, 0.05) is 12.3 Å². The molecule has 3 aromatic heterocycles. The van der Waals surface area contributed by atoms with Crippen LogP contribution in [0.25, 0.3) is 22.1 Å². The number of aromatic nitrogens is 4. The lowest BCUT2D eigenvalue weighted by Gasteiger charge is -2.05. The second-order valence-electron chi connectivity index (χ2n) is 4.75. The molecule has 0 bridgehead atoms. The first-order chi connectivity index (χ1) is 11.0. The largest absolute Gasteiger partial charge is 0.417 e. The molecule has 4 rings (SSSR count). The van der Waals surface area contributed by atoms with E-state index in [0.717, 1.165) is 0 Å². The molecule has 0 amide bonds. The first-order valence-corrected chi connectivity index (χ1v) is 7.96. The number of oxazole rings is 1. The summed E-state index contributed by atoms with van der Waals surface area (Å²) in [5.74, 6) is -0.504. The summed E-state index contributed by atoms with van der Waals surface area (Å²) >= 11 is 0. The highest BCUT2D eigenvalue weighted by Crippen LogP contribution is 2.23. The van der Waals surface area contributed by atoms with Crippen molar-refractivity contribution in [2.24, 2.45) is 0 Å². The molecule has 0 radical (unpaired) electrons. The molecule has 116 valence electrons. The van der Waals surface area contributed by atoms with Crippen molar-refractivity contribution in [1.82, 2.24) is 20.2 Å². The normalized spacial score (nSPS) is 12.0. The van der Waals surface area contributed by atoms with E-state index in [0.29, 0.717) is 16.6 Å². The molecule has 10 heteroatoms. The summed E-state index contributed by atoms with van der Waals surface area (Å²) in [4.78, 5) is 17.6. The Bertz CT molecular complexity index is 1190. The molecular formula is C13H9N5O4S. The van der Waals surface area contributed by atoms with Gasteiger partial charge in [0.2, 0.25) is 0 Å². The Morgan fingerprint density at radius 3 is 2.96 bits per heavy atom. The lowest BCUT2D eigenvalue weighted by Crippen LogP contribution is -2.13. The van der Waals surface area contributed by atoms with Gasteiger partial charge in [0.15, 0.2) is 17.0 Å². The van der Waals surface area contributed by atoms with Crippen LogP contribution >= 0.6 is 0 Å². The minimum Gasteiger partial charge on any atom is -0.408 e. The molecule has 1 aromatic carbocycles. The van der Waals surface area contributed by atoms with E-state index in [9.17, 15) is 13.2 Å². The van der Waals surface area contributed by atoms with E-state index in [1.54, 1.807) is 18.3 Å². The summed E-state index contributed by atoms with van der Waals surface area (Å²) in [6, 6.07) is 7.46. The standard InChI is InChI=1S/C13H9N5O4S/c19-13-15-9-4-3-7(6-10(9)22-13)23(20,21)18-12-8-2-1-5-14-11(8)16-17-12/h1-6H,(H,15,19)(H2,14,16,17,18). The van der Waals surface area contributed by atoms with Crippen molar-refractivity contribution in [1.29, 1.82) is 0 Å². The Hall–Kier alpha value is -3.14. The average molecular weight is 331 g/mol. The number of nitrogens with one attached hydrogen (secondary N) is 3. The molecule has 0 aliphatic carbocycles. The van der Waals surface area contributed by atoms with E-state index in [1.807, 2.05) is 0 Å². The molecule has 0 aliphatic rings. The van der Waals surface area contributed by atoms with E-state index in [-0.39, 0.29) is 16.3 Å². The van der Waals surface area contributed by atoms with E-state index in [2.05, 4.69) is 24.9 Å². The highest BCUT2D eigenvalue weighted by molar-refractivity contribution is 7.92. The van der Waals surface area contributed by atoms with Crippen molar-refractivity contribution in [3.8, 4) is 0 Å². The summed E-state index contributed by atoms with van der Waals surface area (Å²) in [6.07, 6.45) is 1.57. The topological polar surface area (TPSA) is 134 Å². The monoisotopic (exact) mass is 331 g/mol. The van der Waals surface area contributed by atoms with Crippen LogP contribution in [-0.2, 0) is 10.0 Å². The fourth-order valence-electron chi connectivity index (χ4n) is 2.21. The number of pyridine rings is 1. The zero-order chi connectivity index (χ0) is 16.0. The molecule has 0 fully saturated rings. The highest BCUT2D eigenvalue weighted by atomic mass is 32.2. The predicted octanol–water partition coefficient (Wildman–Crippen LogP) is 1.19. The molecule has 3 heterocycles. The van der Waals surface area contributed by atoms with E-state index >= 15 is 0 Å². The van der Waals surface area contributed by atoms with Gasteiger partial charge in [-0.05, 0) is 24.3 Å². The lowest BCUT2D eigenvalue weighted by atomic mass is 10.3. The number of anilines is 1. The van der Waals surface area contributed by atoms with Crippen LogP contribution in [0.5, 0.6) is 0 Å². The molecule has 4 aromatic rings. The summed E-state index contributed by atoms with van der Waals surface area (Å²) in [7, 11) is -3.89. The highest BCUT2D eigenvalue weighted by Gasteiger charge is 2.19. The Labute approximate surface area is 128 Å². The summed E-state index contributed by atoms with van der Waals surface area (Å²) in [6.45, 7) is 0. The number of benzene rings is 1. The quantitative estimate of drug-likeness (QED) is 0.516. The van der Waals surface area contributed by atoms with Crippen molar-refractivity contribution in [2.75, 3.05) is 4.72 Å². The lowest BCUT2D eigenvalue weighted by molar-refractivity contribution is 0.554. The van der Waals surface area contributed by atoms with Gasteiger partial charge >= 0.3 is 5.76 Å². The van der Waals surface area contributed by atoms with Gasteiger partial charge in [0.05, 0.1) is 15.8 Å². The Morgan fingerprint density at radius 1 is 1.22 bits per heavy atom. The van der Waals surface area contributed by atoms with Gasteiger partial charge in [-0.25, -0.2) is 18.2 Å². The van der Waals surface area contributed by atoms with Gasteiger partial charge in [-0.3, -0.25) is 14.8 Å². The van der Waals surface area contributed by atoms with Crippen LogP contribution < -0.4 is 10.5 Å². The SMILES string of the molecule is O=c1[nH]c2ccc(S(=O)(=O)Nc3n[nH]c4ncccc34)cc2o1. The smallest absolute Gasteiger partial charge is 0.408 e. The first kappa shape index (κ1) is 13.5. The Kier molecular flexibility index (Phi) is 2.75. The second kappa shape index (κ2) is 4.68. The van der Waals surface area contributed by atoms with Crippen molar-refractivity contribution in [3.63, 3.8) is 0 Å². The van der Waals surface area contributed by atoms with Crippen LogP contribution in [0.2, 0.25) is 0 Å². The van der Waals surface area contributed by atoms with Crippen molar-refractivity contribution >= 4 is 38.0 Å². The van der Waals surface area contributed by atoms with Crippen molar-refractivity contribution in [2.45, 2.75) is 4.90 Å². The third-order valence-electron chi connectivity index (χ3n) is 3.27. The first-order valence-electron chi connectivity index (χ1n) is 6.48. The number of hydrogen-bond acceptors (Lipinski definition) is 6. The van der Waals surface area contributed by atoms with Gasteiger partial charge in [-0.1, -0.05) is 0 Å². The summed E-state index contributed by atoms with van der Waals surface area (Å²) in [5.41, 5.74) is 1.05. The Balaban J connectivity index is 1.78. The number of nitrogens with zero attached hydrogens (tertiary/aromatic N) is 2. The third kappa shape index (κ3) is 2.25. The van der Waals surface area contributed by atoms with E-state index in [4.69, 9.17) is 4.42 Å². The maximum atomic E-state index is 12.5. The fraction of sp³-hybridized carbons (Fsp3) is 0. The van der Waals surface area contributed by atoms with Crippen LogP contribution in [0.3, 0.4) is 0 Å². The molecule has 0 saturated carbocycles. The molecule has 0 spiro atoms. The molecular weight excluding hydrogens is 322 g/mol. The number of aromatic amines is 2. The van der Waals surface area contributed by atoms with Gasteiger partial charge < -0.3 is 4.42 Å². The number of hydrogen-bond donors (Lipinski definition) is 3. The maximum Gasteiger partial charge on any atom is 0.417 e. The number of H-pyrrole nitrogens is 2. The van der Waals surface area contributed by atoms with Crippen LogP contribution in [-0.4, -0.2) is 28.6 Å². The van der Waals surface area contributed by atoms with Gasteiger partial charge in [-0.15, -0.1) is 0 Å². The maximum absolute atomic E-state index is 12.5. The van der Waals surface area contributed by atoms with E-state index in [1.165, 1.54) is 18.2 Å². The average Bonchev–Trinajstić information content (AvgIpc) is 3.09. The minimum absolute atomic E-state index is 0.0483. The third-order valence-corrected chi connectivity index (χ3v) is 4.61. The zero-order valence-electron chi connectivity index (χ0n) is 11.4. The number of sulfonamides is 1. The van der Waals surface area contributed by atoms with Gasteiger partial charge in [0.25, 0.3) is 10.0 Å². The molecule has 3 N–H and O–H groups in total. The molecule has 0 aliphatic heterocycles.